The number of hydrogen-bond donors (Lipinski definition) is 1. The number of carbonyl (C=O) groups is 1. The molecule has 0 aliphatic carbocycles. The zero-order chi connectivity index (χ0) is 17.1. The largest absolute Gasteiger partial charge is 0.467 e. The summed E-state index contributed by atoms with van der Waals surface area (Å²) in [5.74, 6) is 0.242. The van der Waals surface area contributed by atoms with Gasteiger partial charge in [0, 0.05) is 25.9 Å². The molecule has 2 fully saturated rings. The Labute approximate surface area is 146 Å². The Balaban J connectivity index is 1.44. The van der Waals surface area contributed by atoms with E-state index < -0.39 is 5.79 Å². The van der Waals surface area contributed by atoms with Crippen molar-refractivity contribution in [2.24, 2.45) is 0 Å². The number of carbonyl (C=O) groups excluding carboxylic acids is 1. The molecule has 4 rings (SSSR count). The first-order valence-corrected chi connectivity index (χ1v) is 8.67. The number of nitrogens with zero attached hydrogens (tertiary/aromatic N) is 1. The lowest BCUT2D eigenvalue weighted by Gasteiger charge is -2.38. The first-order chi connectivity index (χ1) is 12.3. The maximum atomic E-state index is 12.8. The minimum absolute atomic E-state index is 0.0990. The molecule has 0 radical (unpaired) electrons. The summed E-state index contributed by atoms with van der Waals surface area (Å²) in [6.45, 7) is 2.51. The summed E-state index contributed by atoms with van der Waals surface area (Å²) in [4.78, 5) is 14.6. The van der Waals surface area contributed by atoms with E-state index in [0.717, 1.165) is 11.3 Å². The van der Waals surface area contributed by atoms with Crippen LogP contribution in [0.2, 0.25) is 0 Å². The average Bonchev–Trinajstić information content (AvgIpc) is 3.33. The molecular weight excluding hydrogens is 320 g/mol. The van der Waals surface area contributed by atoms with Gasteiger partial charge in [0.25, 0.3) is 0 Å². The highest BCUT2D eigenvalue weighted by Crippen LogP contribution is 2.31. The highest BCUT2D eigenvalue weighted by molar-refractivity contribution is 5.75. The number of rotatable bonds is 3. The van der Waals surface area contributed by atoms with Gasteiger partial charge >= 0.3 is 6.03 Å². The first-order valence-electron chi connectivity index (χ1n) is 8.67. The SMILES string of the molecule is O=C(N[C@@H](c1ccccc1)c1ccco1)N1CCC2(CC1)OCCO2. The summed E-state index contributed by atoms with van der Waals surface area (Å²) in [7, 11) is 0. The molecule has 6 nitrogen and oxygen atoms in total. The van der Waals surface area contributed by atoms with Crippen LogP contribution in [0.5, 0.6) is 0 Å². The number of amides is 2. The lowest BCUT2D eigenvalue weighted by Crippen LogP contribution is -2.50. The normalized spacial score (nSPS) is 20.6. The van der Waals surface area contributed by atoms with Crippen LogP contribution < -0.4 is 5.32 Å². The Morgan fingerprint density at radius 1 is 1.04 bits per heavy atom. The molecule has 2 aliphatic heterocycles. The van der Waals surface area contributed by atoms with Gasteiger partial charge in [-0.15, -0.1) is 0 Å². The van der Waals surface area contributed by atoms with E-state index in [1.54, 1.807) is 6.26 Å². The van der Waals surface area contributed by atoms with Crippen LogP contribution in [0.25, 0.3) is 0 Å². The smallest absolute Gasteiger partial charge is 0.318 e. The van der Waals surface area contributed by atoms with E-state index in [1.165, 1.54) is 0 Å². The molecule has 6 heteroatoms. The molecular formula is C19H22N2O4. The number of urea groups is 1. The van der Waals surface area contributed by atoms with Crippen molar-refractivity contribution in [3.8, 4) is 0 Å². The molecule has 2 saturated heterocycles. The molecule has 2 aromatic rings. The lowest BCUT2D eigenvalue weighted by atomic mass is 10.0. The van der Waals surface area contributed by atoms with Crippen LogP contribution in [0.15, 0.2) is 53.1 Å². The maximum absolute atomic E-state index is 12.8. The van der Waals surface area contributed by atoms with Crippen LogP contribution in [0.4, 0.5) is 4.79 Å². The molecule has 0 unspecified atom stereocenters. The number of likely N-dealkylation sites (tertiary alicyclic amines) is 1. The van der Waals surface area contributed by atoms with E-state index in [-0.39, 0.29) is 12.1 Å². The predicted molar refractivity (Wildman–Crippen MR) is 91.0 cm³/mol. The molecule has 1 spiro atoms. The number of hydrogen-bond acceptors (Lipinski definition) is 4. The Kier molecular flexibility index (Phi) is 4.46. The van der Waals surface area contributed by atoms with Gasteiger partial charge in [0.1, 0.15) is 11.8 Å². The summed E-state index contributed by atoms with van der Waals surface area (Å²) in [6.07, 6.45) is 3.03. The number of furan rings is 1. The highest BCUT2D eigenvalue weighted by atomic mass is 16.7. The molecule has 2 aliphatic rings. The van der Waals surface area contributed by atoms with Gasteiger partial charge < -0.3 is 24.1 Å². The van der Waals surface area contributed by atoms with Crippen molar-refractivity contribution in [1.82, 2.24) is 10.2 Å². The average molecular weight is 342 g/mol. The van der Waals surface area contributed by atoms with Crippen LogP contribution in [0.1, 0.15) is 30.2 Å². The van der Waals surface area contributed by atoms with Crippen molar-refractivity contribution < 1.29 is 18.7 Å². The maximum Gasteiger partial charge on any atom is 0.318 e. The molecule has 1 aromatic heterocycles. The fourth-order valence-corrected chi connectivity index (χ4v) is 3.47. The Hall–Kier alpha value is -2.31. The van der Waals surface area contributed by atoms with Gasteiger partial charge in [-0.05, 0) is 17.7 Å². The second-order valence-electron chi connectivity index (χ2n) is 6.40. The second kappa shape index (κ2) is 6.90. The van der Waals surface area contributed by atoms with Crippen LogP contribution >= 0.6 is 0 Å². The fourth-order valence-electron chi connectivity index (χ4n) is 3.47. The van der Waals surface area contributed by atoms with E-state index >= 15 is 0 Å². The van der Waals surface area contributed by atoms with Crippen LogP contribution in [0.3, 0.4) is 0 Å². The summed E-state index contributed by atoms with van der Waals surface area (Å²) in [6, 6.07) is 13.1. The molecule has 0 bridgehead atoms. The van der Waals surface area contributed by atoms with Crippen LogP contribution in [0, 0.1) is 0 Å². The molecule has 3 heterocycles. The van der Waals surface area contributed by atoms with Gasteiger partial charge in [0.2, 0.25) is 0 Å². The van der Waals surface area contributed by atoms with Crippen molar-refractivity contribution in [2.45, 2.75) is 24.7 Å². The summed E-state index contributed by atoms with van der Waals surface area (Å²) in [5, 5.41) is 3.10. The first kappa shape index (κ1) is 16.2. The molecule has 132 valence electrons. The number of benzene rings is 1. The molecule has 2 amide bonds. The number of piperidine rings is 1. The minimum atomic E-state index is -0.476. The lowest BCUT2D eigenvalue weighted by molar-refractivity contribution is -0.181. The number of ether oxygens (including phenoxy) is 2. The summed E-state index contributed by atoms with van der Waals surface area (Å²) < 4.78 is 17.0. The Morgan fingerprint density at radius 3 is 2.40 bits per heavy atom. The van der Waals surface area contributed by atoms with Crippen molar-refractivity contribution in [1.29, 1.82) is 0 Å². The Morgan fingerprint density at radius 2 is 1.76 bits per heavy atom. The molecule has 1 atom stereocenters. The molecule has 1 aromatic carbocycles. The minimum Gasteiger partial charge on any atom is -0.467 e. The van der Waals surface area contributed by atoms with Crippen molar-refractivity contribution in [3.05, 3.63) is 60.1 Å². The monoisotopic (exact) mass is 342 g/mol. The van der Waals surface area contributed by atoms with Crippen molar-refractivity contribution in [3.63, 3.8) is 0 Å². The van der Waals surface area contributed by atoms with Crippen molar-refractivity contribution in [2.75, 3.05) is 26.3 Å². The summed E-state index contributed by atoms with van der Waals surface area (Å²) >= 11 is 0. The quantitative estimate of drug-likeness (QED) is 0.931. The topological polar surface area (TPSA) is 63.9 Å². The van der Waals surface area contributed by atoms with Gasteiger partial charge in [0.05, 0.1) is 19.5 Å². The predicted octanol–water partition coefficient (Wildman–Crippen LogP) is 2.92. The van der Waals surface area contributed by atoms with E-state index in [2.05, 4.69) is 5.32 Å². The summed E-state index contributed by atoms with van der Waals surface area (Å²) in [5.41, 5.74) is 0.988. The third-order valence-corrected chi connectivity index (χ3v) is 4.85. The van der Waals surface area contributed by atoms with Crippen LogP contribution in [-0.4, -0.2) is 43.0 Å². The van der Waals surface area contributed by atoms with Crippen LogP contribution in [-0.2, 0) is 9.47 Å². The molecule has 25 heavy (non-hydrogen) atoms. The zero-order valence-corrected chi connectivity index (χ0v) is 14.0. The highest BCUT2D eigenvalue weighted by Gasteiger charge is 2.41. The van der Waals surface area contributed by atoms with E-state index in [1.807, 2.05) is 47.4 Å². The fraction of sp³-hybridized carbons (Fsp3) is 0.421. The third kappa shape index (κ3) is 3.41. The van der Waals surface area contributed by atoms with E-state index in [9.17, 15) is 4.79 Å². The van der Waals surface area contributed by atoms with E-state index in [0.29, 0.717) is 39.1 Å². The van der Waals surface area contributed by atoms with Gasteiger partial charge in [-0.1, -0.05) is 30.3 Å². The molecule has 1 N–H and O–H groups in total. The zero-order valence-electron chi connectivity index (χ0n) is 14.0. The standard InChI is InChI=1S/C19H22N2O4/c22-18(21-10-8-19(9-11-21)24-13-14-25-19)20-17(16-7-4-12-23-16)15-5-2-1-3-6-15/h1-7,12,17H,8-11,13-14H2,(H,20,22)/t17-/m0/s1. The van der Waals surface area contributed by atoms with E-state index in [4.69, 9.17) is 13.9 Å². The number of nitrogens with one attached hydrogen (secondary N) is 1. The third-order valence-electron chi connectivity index (χ3n) is 4.85. The van der Waals surface area contributed by atoms with Gasteiger partial charge in [-0.25, -0.2) is 4.79 Å². The second-order valence-corrected chi connectivity index (χ2v) is 6.40. The van der Waals surface area contributed by atoms with Gasteiger partial charge in [0.15, 0.2) is 5.79 Å². The molecule has 0 saturated carbocycles. The van der Waals surface area contributed by atoms with Gasteiger partial charge in [-0.3, -0.25) is 0 Å². The van der Waals surface area contributed by atoms with Gasteiger partial charge in [-0.2, -0.15) is 0 Å². The van der Waals surface area contributed by atoms with Crippen molar-refractivity contribution >= 4 is 6.03 Å². The Bertz CT molecular complexity index is 685.